The summed E-state index contributed by atoms with van der Waals surface area (Å²) in [6.07, 6.45) is 6.10. The van der Waals surface area contributed by atoms with E-state index in [9.17, 15) is 9.59 Å². The maximum atomic E-state index is 12.0. The molecule has 4 fully saturated rings. The highest BCUT2D eigenvalue weighted by Crippen LogP contribution is 2.52. The van der Waals surface area contributed by atoms with Gasteiger partial charge in [-0.1, -0.05) is 0 Å². The number of carbonyl (C=O) groups is 2. The summed E-state index contributed by atoms with van der Waals surface area (Å²) in [5, 5.41) is 3.16. The zero-order valence-corrected chi connectivity index (χ0v) is 9.79. The molecule has 1 amide bonds. The summed E-state index contributed by atoms with van der Waals surface area (Å²) in [5.74, 6) is 1.97. The van der Waals surface area contributed by atoms with Crippen LogP contribution in [0.15, 0.2) is 0 Å². The summed E-state index contributed by atoms with van der Waals surface area (Å²) in [4.78, 5) is 23.3. The number of hydrogen-bond donors (Lipinski definition) is 1. The fraction of sp³-hybridized carbons (Fsp3) is 0.846. The molecule has 4 saturated carbocycles. The summed E-state index contributed by atoms with van der Waals surface area (Å²) in [6, 6.07) is 0. The highest BCUT2D eigenvalue weighted by Gasteiger charge is 2.51. The Morgan fingerprint density at radius 1 is 1.25 bits per heavy atom. The Morgan fingerprint density at radius 2 is 2.00 bits per heavy atom. The van der Waals surface area contributed by atoms with Crippen molar-refractivity contribution in [1.82, 2.24) is 5.32 Å². The largest absolute Gasteiger partial charge is 0.351 e. The van der Waals surface area contributed by atoms with Gasteiger partial charge in [0.2, 0.25) is 5.91 Å². The second-order valence-electron chi connectivity index (χ2n) is 6.14. The van der Waals surface area contributed by atoms with E-state index in [0.29, 0.717) is 17.6 Å². The molecule has 4 aliphatic rings. The topological polar surface area (TPSA) is 46.2 Å². The first-order chi connectivity index (χ1) is 7.56. The molecule has 0 aliphatic heterocycles. The van der Waals surface area contributed by atoms with Crippen LogP contribution in [0, 0.1) is 17.8 Å². The predicted molar refractivity (Wildman–Crippen MR) is 59.7 cm³/mol. The molecular formula is C13H19NO2. The van der Waals surface area contributed by atoms with Gasteiger partial charge in [-0.25, -0.2) is 0 Å². The second kappa shape index (κ2) is 3.31. The number of amides is 1. The van der Waals surface area contributed by atoms with E-state index in [4.69, 9.17) is 0 Å². The highest BCUT2D eigenvalue weighted by atomic mass is 16.1. The van der Waals surface area contributed by atoms with E-state index in [1.54, 1.807) is 6.92 Å². The van der Waals surface area contributed by atoms with Crippen molar-refractivity contribution < 1.29 is 9.59 Å². The first-order valence-electron chi connectivity index (χ1n) is 6.38. The molecule has 0 aromatic carbocycles. The number of rotatable bonds is 1. The van der Waals surface area contributed by atoms with E-state index in [-0.39, 0.29) is 17.4 Å². The number of carbonyl (C=O) groups excluding carboxylic acids is 2. The van der Waals surface area contributed by atoms with Crippen LogP contribution in [0.1, 0.15) is 45.4 Å². The molecule has 0 saturated heterocycles. The van der Waals surface area contributed by atoms with Crippen molar-refractivity contribution in [1.29, 1.82) is 0 Å². The molecule has 3 nitrogen and oxygen atoms in total. The van der Waals surface area contributed by atoms with Gasteiger partial charge in [0, 0.05) is 24.8 Å². The van der Waals surface area contributed by atoms with Gasteiger partial charge in [0.25, 0.3) is 0 Å². The zero-order chi connectivity index (χ0) is 11.3. The summed E-state index contributed by atoms with van der Waals surface area (Å²) >= 11 is 0. The van der Waals surface area contributed by atoms with Crippen LogP contribution in [-0.2, 0) is 9.59 Å². The third kappa shape index (κ3) is 1.57. The zero-order valence-electron chi connectivity index (χ0n) is 9.79. The summed E-state index contributed by atoms with van der Waals surface area (Å²) in [5.41, 5.74) is -0.0332. The van der Waals surface area contributed by atoms with Crippen LogP contribution < -0.4 is 5.32 Å². The van der Waals surface area contributed by atoms with E-state index in [1.807, 2.05) is 0 Å². The molecule has 0 heterocycles. The average Bonchev–Trinajstić information content (AvgIpc) is 2.27. The lowest BCUT2D eigenvalue weighted by molar-refractivity contribution is -0.126. The van der Waals surface area contributed by atoms with Crippen LogP contribution in [0.4, 0.5) is 0 Å². The minimum absolute atomic E-state index is 0.0332. The Morgan fingerprint density at radius 3 is 2.75 bits per heavy atom. The molecule has 4 unspecified atom stereocenters. The fourth-order valence-corrected chi connectivity index (χ4v) is 4.51. The summed E-state index contributed by atoms with van der Waals surface area (Å²) in [6.45, 7) is 1.59. The predicted octanol–water partition coefficient (Wildman–Crippen LogP) is 1.66. The molecule has 16 heavy (non-hydrogen) atoms. The third-order valence-electron chi connectivity index (χ3n) is 4.67. The van der Waals surface area contributed by atoms with Gasteiger partial charge < -0.3 is 5.32 Å². The molecule has 88 valence electrons. The molecule has 0 aromatic heterocycles. The third-order valence-corrected chi connectivity index (χ3v) is 4.67. The van der Waals surface area contributed by atoms with Crippen LogP contribution >= 0.6 is 0 Å². The summed E-state index contributed by atoms with van der Waals surface area (Å²) < 4.78 is 0. The normalized spacial score (nSPS) is 45.6. The Kier molecular flexibility index (Phi) is 2.13. The minimum atomic E-state index is -0.0332. The van der Waals surface area contributed by atoms with Crippen LogP contribution in [0.5, 0.6) is 0 Å². The molecule has 4 atom stereocenters. The van der Waals surface area contributed by atoms with Gasteiger partial charge in [-0.2, -0.15) is 0 Å². The second-order valence-corrected chi connectivity index (χ2v) is 6.14. The van der Waals surface area contributed by atoms with Gasteiger partial charge in [-0.05, 0) is 43.9 Å². The molecule has 4 rings (SSSR count). The van der Waals surface area contributed by atoms with Crippen molar-refractivity contribution in [3.63, 3.8) is 0 Å². The Hall–Kier alpha value is -0.860. The Balaban J connectivity index is 1.92. The molecule has 0 spiro atoms. The van der Waals surface area contributed by atoms with E-state index < -0.39 is 0 Å². The Bertz CT molecular complexity index is 352. The van der Waals surface area contributed by atoms with Gasteiger partial charge in [0.05, 0.1) is 0 Å². The number of nitrogens with one attached hydrogen (secondary N) is 1. The standard InChI is InChI=1S/C13H19NO2/c1-8(15)14-13-5-9-2-10(6-13)4-12(16)11(3-9)7-13/h9-11H,2-7H2,1H3,(H,14,15). The van der Waals surface area contributed by atoms with Crippen molar-refractivity contribution >= 4 is 11.7 Å². The number of Topliss-reactive ketones (excluding diaryl/α,β-unsaturated/α-hetero) is 1. The number of ketones is 1. The van der Waals surface area contributed by atoms with Crippen molar-refractivity contribution in [2.45, 2.75) is 51.0 Å². The van der Waals surface area contributed by atoms with E-state index in [1.165, 1.54) is 6.42 Å². The molecule has 0 radical (unpaired) electrons. The molecule has 1 N–H and O–H groups in total. The number of hydrogen-bond acceptors (Lipinski definition) is 2. The van der Waals surface area contributed by atoms with Gasteiger partial charge >= 0.3 is 0 Å². The van der Waals surface area contributed by atoms with Gasteiger partial charge in [0.15, 0.2) is 0 Å². The lowest BCUT2D eigenvalue weighted by atomic mass is 9.63. The molecule has 3 heteroatoms. The smallest absolute Gasteiger partial charge is 0.217 e. The fourth-order valence-electron chi connectivity index (χ4n) is 4.51. The van der Waals surface area contributed by atoms with Crippen molar-refractivity contribution in [2.24, 2.45) is 17.8 Å². The maximum Gasteiger partial charge on any atom is 0.217 e. The quantitative estimate of drug-likeness (QED) is 0.732. The van der Waals surface area contributed by atoms with Gasteiger partial charge in [-0.15, -0.1) is 0 Å². The summed E-state index contributed by atoms with van der Waals surface area (Å²) in [7, 11) is 0. The molecule has 0 aromatic rings. The number of fused-ring (bicyclic) bond motifs is 1. The van der Waals surface area contributed by atoms with Gasteiger partial charge in [-0.3, -0.25) is 9.59 Å². The average molecular weight is 221 g/mol. The highest BCUT2D eigenvalue weighted by molar-refractivity contribution is 5.82. The monoisotopic (exact) mass is 221 g/mol. The molecule has 4 bridgehead atoms. The maximum absolute atomic E-state index is 12.0. The van der Waals surface area contributed by atoms with E-state index in [2.05, 4.69) is 5.32 Å². The SMILES string of the molecule is CC(=O)NC12CC3CC(=O)C(CC(C3)C1)C2. The first kappa shape index (κ1) is 10.3. The van der Waals surface area contributed by atoms with Crippen molar-refractivity contribution in [2.75, 3.05) is 0 Å². The van der Waals surface area contributed by atoms with Gasteiger partial charge in [0.1, 0.15) is 5.78 Å². The van der Waals surface area contributed by atoms with Crippen LogP contribution in [0.2, 0.25) is 0 Å². The Labute approximate surface area is 96.0 Å². The minimum Gasteiger partial charge on any atom is -0.351 e. The molecule has 4 aliphatic carbocycles. The van der Waals surface area contributed by atoms with E-state index in [0.717, 1.165) is 32.1 Å². The van der Waals surface area contributed by atoms with Crippen LogP contribution in [0.25, 0.3) is 0 Å². The van der Waals surface area contributed by atoms with Crippen molar-refractivity contribution in [3.8, 4) is 0 Å². The van der Waals surface area contributed by atoms with Crippen LogP contribution in [-0.4, -0.2) is 17.2 Å². The lowest BCUT2D eigenvalue weighted by Crippen LogP contribution is -2.55. The van der Waals surface area contributed by atoms with Crippen molar-refractivity contribution in [3.05, 3.63) is 0 Å². The van der Waals surface area contributed by atoms with E-state index >= 15 is 0 Å². The lowest BCUT2D eigenvalue weighted by Gasteiger charge is -2.48. The first-order valence-corrected chi connectivity index (χ1v) is 6.38. The molecular weight excluding hydrogens is 202 g/mol. The van der Waals surface area contributed by atoms with Crippen LogP contribution in [0.3, 0.4) is 0 Å².